The first-order valence-electron chi connectivity index (χ1n) is 21.9. The highest BCUT2D eigenvalue weighted by atomic mass is 35.5. The Bertz CT molecular complexity index is 2710. The van der Waals surface area contributed by atoms with E-state index in [0.29, 0.717) is 66.4 Å². The summed E-state index contributed by atoms with van der Waals surface area (Å²) in [5.74, 6) is -0.678. The van der Waals surface area contributed by atoms with Crippen LogP contribution in [0.4, 0.5) is 0 Å². The van der Waals surface area contributed by atoms with E-state index in [1.807, 2.05) is 50.2 Å². The molecule has 6 rings (SSSR count). The van der Waals surface area contributed by atoms with Crippen molar-refractivity contribution in [1.82, 2.24) is 20.6 Å². The molecule has 0 fully saturated rings. The highest BCUT2D eigenvalue weighted by molar-refractivity contribution is 6.32. The summed E-state index contributed by atoms with van der Waals surface area (Å²) < 4.78 is 25.1. The van der Waals surface area contributed by atoms with Crippen molar-refractivity contribution >= 4 is 35.1 Å². The van der Waals surface area contributed by atoms with E-state index >= 15 is 0 Å². The van der Waals surface area contributed by atoms with Crippen LogP contribution in [-0.4, -0.2) is 67.6 Å². The summed E-state index contributed by atoms with van der Waals surface area (Å²) in [6.07, 6.45) is 3.08. The fourth-order valence-electron chi connectivity index (χ4n) is 7.36. The van der Waals surface area contributed by atoms with Crippen LogP contribution in [-0.2, 0) is 49.1 Å². The number of aliphatic hydroxyl groups excluding tert-OH is 2. The second-order valence-electron chi connectivity index (χ2n) is 16.3. The SMILES string of the molecule is Cc1c(COc2cc(OCc3cncc(C#N)c3)c(CNC[C@@H](O)CC(=O)O)cc2Cl)cccc1-c1cccc(COc2cc(OCc3cncc(C#N)c3)c(CNC[C@@H](O)CC(=O)O)cc2Cl)c1C. The van der Waals surface area contributed by atoms with Gasteiger partial charge in [0, 0.05) is 85.4 Å². The molecule has 0 aliphatic rings. The number of rotatable bonds is 25. The van der Waals surface area contributed by atoms with E-state index in [1.165, 1.54) is 12.4 Å². The fraction of sp³-hybridized carbons (Fsp3) is 0.269. The largest absolute Gasteiger partial charge is 0.488 e. The van der Waals surface area contributed by atoms with E-state index in [-0.39, 0.29) is 52.6 Å². The minimum Gasteiger partial charge on any atom is -0.488 e. The Balaban J connectivity index is 1.18. The average Bonchev–Trinajstić information content (AvgIpc) is 3.33. The Morgan fingerprint density at radius 2 is 0.986 bits per heavy atom. The number of carboxylic acid groups (broad SMARTS) is 2. The van der Waals surface area contributed by atoms with Crippen LogP contribution in [0.3, 0.4) is 0 Å². The minimum absolute atomic E-state index is 0.0204. The van der Waals surface area contributed by atoms with Gasteiger partial charge in [0.05, 0.1) is 46.2 Å². The average molecular weight is 990 g/mol. The number of carbonyl (C=O) groups is 2. The molecule has 4 aromatic carbocycles. The Labute approximate surface area is 414 Å². The molecule has 0 radical (unpaired) electrons. The van der Waals surface area contributed by atoms with Crippen molar-refractivity contribution in [3.63, 3.8) is 0 Å². The summed E-state index contributed by atoms with van der Waals surface area (Å²) in [6, 6.07) is 26.1. The number of aromatic nitrogens is 2. The number of aliphatic hydroxyl groups is 2. The number of halogens is 2. The Morgan fingerprint density at radius 1 is 0.586 bits per heavy atom. The predicted octanol–water partition coefficient (Wildman–Crippen LogP) is 7.98. The van der Waals surface area contributed by atoms with E-state index < -0.39 is 37.0 Å². The maximum absolute atomic E-state index is 11.1. The first-order chi connectivity index (χ1) is 33.7. The third-order valence-corrected chi connectivity index (χ3v) is 11.6. The van der Waals surface area contributed by atoms with Crippen molar-refractivity contribution < 1.29 is 49.0 Å². The van der Waals surface area contributed by atoms with Crippen LogP contribution >= 0.6 is 23.2 Å². The Kier molecular flexibility index (Phi) is 18.9. The molecule has 0 bridgehead atoms. The molecule has 2 heterocycles. The van der Waals surface area contributed by atoms with Crippen LogP contribution in [0, 0.1) is 36.5 Å². The van der Waals surface area contributed by atoms with Crippen LogP contribution < -0.4 is 29.6 Å². The quantitative estimate of drug-likeness (QED) is 0.0318. The van der Waals surface area contributed by atoms with Gasteiger partial charge in [-0.1, -0.05) is 59.6 Å². The smallest absolute Gasteiger partial charge is 0.306 e. The van der Waals surface area contributed by atoms with Crippen molar-refractivity contribution in [3.05, 3.63) is 163 Å². The van der Waals surface area contributed by atoms with Gasteiger partial charge in [0.1, 0.15) is 61.6 Å². The molecule has 0 aliphatic heterocycles. The Hall–Kier alpha value is -7.28. The molecule has 362 valence electrons. The van der Waals surface area contributed by atoms with Crippen LogP contribution in [0.2, 0.25) is 10.0 Å². The lowest BCUT2D eigenvalue weighted by Gasteiger charge is -2.19. The monoisotopic (exact) mass is 988 g/mol. The van der Waals surface area contributed by atoms with Crippen LogP contribution in [0.15, 0.2) is 97.6 Å². The van der Waals surface area contributed by atoms with Crippen molar-refractivity contribution in [2.45, 2.75) is 78.4 Å². The van der Waals surface area contributed by atoms with Gasteiger partial charge in [-0.3, -0.25) is 19.6 Å². The number of nitrogens with one attached hydrogen (secondary N) is 2. The van der Waals surface area contributed by atoms with E-state index in [4.69, 9.17) is 52.4 Å². The maximum Gasteiger partial charge on any atom is 0.306 e. The molecule has 0 aliphatic carbocycles. The number of carboxylic acids is 2. The van der Waals surface area contributed by atoms with Crippen molar-refractivity contribution in [1.29, 1.82) is 10.5 Å². The van der Waals surface area contributed by atoms with E-state index in [2.05, 4.69) is 32.7 Å². The van der Waals surface area contributed by atoms with Gasteiger partial charge in [-0.15, -0.1) is 0 Å². The molecule has 6 aromatic rings. The number of aliphatic carboxylic acids is 2. The van der Waals surface area contributed by atoms with Crippen molar-refractivity contribution in [2.24, 2.45) is 0 Å². The van der Waals surface area contributed by atoms with E-state index in [1.54, 1.807) is 48.8 Å². The standard InChI is InChI=1S/C52H50Cl2N6O10/c1-31-37(29-69-49-15-47(67-27-35-9-33(17-55)19-57-21-35)39(11-45(49)53)23-59-25-41(61)13-51(63)64)5-3-7-43(31)44-8-4-6-38(32(44)2)30-70-50-16-48(68-28-36-10-34(18-56)20-58-22-36)40(12-46(50)54)24-60-26-42(62)14-52(65)66/h3-12,15-16,19-22,41-42,59-62H,13-14,23-30H2,1-2H3,(H,63,64)(H,65,66)/t41-,42-/m0/s1. The zero-order valence-electron chi connectivity index (χ0n) is 38.2. The number of pyridine rings is 2. The second kappa shape index (κ2) is 25.4. The third kappa shape index (κ3) is 14.9. The number of benzene rings is 4. The normalized spacial score (nSPS) is 11.8. The zero-order valence-corrected chi connectivity index (χ0v) is 39.8. The van der Waals surface area contributed by atoms with Gasteiger partial charge in [0.2, 0.25) is 0 Å². The summed E-state index contributed by atoms with van der Waals surface area (Å²) >= 11 is 13.6. The van der Waals surface area contributed by atoms with E-state index in [0.717, 1.165) is 33.4 Å². The first kappa shape index (κ1) is 52.1. The number of hydrogen-bond donors (Lipinski definition) is 6. The molecule has 18 heteroatoms. The molecule has 0 saturated heterocycles. The fourth-order valence-corrected chi connectivity index (χ4v) is 7.85. The number of ether oxygens (including phenoxy) is 4. The van der Waals surface area contributed by atoms with Gasteiger partial charge >= 0.3 is 11.9 Å². The molecule has 0 spiro atoms. The van der Waals surface area contributed by atoms with E-state index in [9.17, 15) is 30.3 Å². The first-order valence-corrected chi connectivity index (χ1v) is 22.7. The summed E-state index contributed by atoms with van der Waals surface area (Å²) in [4.78, 5) is 30.3. The molecular formula is C52H50Cl2N6O10. The third-order valence-electron chi connectivity index (χ3n) is 11.0. The summed E-state index contributed by atoms with van der Waals surface area (Å²) in [5.41, 5.74) is 9.05. The molecule has 2 aromatic heterocycles. The number of nitrogens with zero attached hydrogens (tertiary/aromatic N) is 4. The minimum atomic E-state index is -1.11. The second-order valence-corrected chi connectivity index (χ2v) is 17.1. The van der Waals surface area contributed by atoms with Crippen LogP contribution in [0.25, 0.3) is 11.1 Å². The Morgan fingerprint density at radius 3 is 1.37 bits per heavy atom. The molecule has 2 atom stereocenters. The van der Waals surface area contributed by atoms with Crippen molar-refractivity contribution in [3.8, 4) is 46.3 Å². The molecular weight excluding hydrogens is 940 g/mol. The summed E-state index contributed by atoms with van der Waals surface area (Å²) in [5, 5.41) is 63.7. The summed E-state index contributed by atoms with van der Waals surface area (Å²) in [6.45, 7) is 4.95. The lowest BCUT2D eigenvalue weighted by atomic mass is 9.92. The van der Waals surface area contributed by atoms with Gasteiger partial charge in [-0.2, -0.15) is 10.5 Å². The summed E-state index contributed by atoms with van der Waals surface area (Å²) in [7, 11) is 0. The topological polar surface area (TPSA) is 249 Å². The van der Waals surface area contributed by atoms with Crippen molar-refractivity contribution in [2.75, 3.05) is 13.1 Å². The predicted molar refractivity (Wildman–Crippen MR) is 259 cm³/mol. The molecule has 0 unspecified atom stereocenters. The molecule has 6 N–H and O–H groups in total. The van der Waals surface area contributed by atoms with Gasteiger partial charge in [-0.25, -0.2) is 0 Å². The number of nitriles is 2. The highest BCUT2D eigenvalue weighted by Crippen LogP contribution is 2.37. The van der Waals surface area contributed by atoms with Gasteiger partial charge in [-0.05, 0) is 71.5 Å². The van der Waals surface area contributed by atoms with Gasteiger partial charge in [0.15, 0.2) is 0 Å². The molecule has 16 nitrogen and oxygen atoms in total. The highest BCUT2D eigenvalue weighted by Gasteiger charge is 2.18. The zero-order chi connectivity index (χ0) is 50.2. The molecule has 70 heavy (non-hydrogen) atoms. The van der Waals surface area contributed by atoms with Crippen LogP contribution in [0.1, 0.15) is 68.5 Å². The van der Waals surface area contributed by atoms with Gasteiger partial charge < -0.3 is 50.0 Å². The lowest BCUT2D eigenvalue weighted by molar-refractivity contribution is -0.140. The maximum atomic E-state index is 11.1. The lowest BCUT2D eigenvalue weighted by Crippen LogP contribution is -2.28. The van der Waals surface area contributed by atoms with Crippen LogP contribution in [0.5, 0.6) is 23.0 Å². The molecule has 0 saturated carbocycles. The molecule has 0 amide bonds. The van der Waals surface area contributed by atoms with Gasteiger partial charge in [0.25, 0.3) is 0 Å². The number of hydrogen-bond acceptors (Lipinski definition) is 14.